The number of hydrogen-bond donors (Lipinski definition) is 0. The van der Waals surface area contributed by atoms with Crippen LogP contribution in [0.5, 0.6) is 0 Å². The Morgan fingerprint density at radius 1 is 1.25 bits per heavy atom. The maximum absolute atomic E-state index is 13.2. The number of rotatable bonds is 6. The number of alkyl halides is 2. The minimum absolute atomic E-state index is 0.0571. The summed E-state index contributed by atoms with van der Waals surface area (Å²) in [6.45, 7) is 4.76. The standard InChI is InChI=1S/C14H16Cl3FO2/c1-3-19-13(20-4-2)12-11(14(12,16)17)8-5-6-10(18)9(15)7-8/h5-7,11-13H,3-4H2,1-2H3. The third kappa shape index (κ3) is 3.07. The Morgan fingerprint density at radius 2 is 1.85 bits per heavy atom. The average Bonchev–Trinajstić information content (AvgIpc) is 2.95. The maximum Gasteiger partial charge on any atom is 0.163 e. The molecule has 0 aliphatic heterocycles. The summed E-state index contributed by atoms with van der Waals surface area (Å²) >= 11 is 18.5. The van der Waals surface area contributed by atoms with Gasteiger partial charge in [-0.1, -0.05) is 17.7 Å². The first-order chi connectivity index (χ1) is 9.43. The molecule has 112 valence electrons. The first-order valence-electron chi connectivity index (χ1n) is 6.49. The van der Waals surface area contributed by atoms with Crippen LogP contribution in [0.3, 0.4) is 0 Å². The fourth-order valence-electron chi connectivity index (χ4n) is 2.41. The van der Waals surface area contributed by atoms with Crippen LogP contribution in [0.1, 0.15) is 25.3 Å². The molecule has 1 aliphatic rings. The molecule has 2 unspecified atom stereocenters. The molecule has 0 spiro atoms. The number of ether oxygens (including phenoxy) is 2. The summed E-state index contributed by atoms with van der Waals surface area (Å²) in [6.07, 6.45) is -0.478. The van der Waals surface area contributed by atoms with Crippen molar-refractivity contribution < 1.29 is 13.9 Å². The van der Waals surface area contributed by atoms with Gasteiger partial charge < -0.3 is 9.47 Å². The lowest BCUT2D eigenvalue weighted by molar-refractivity contribution is -0.149. The quantitative estimate of drug-likeness (QED) is 0.548. The number of halogens is 4. The SMILES string of the molecule is CCOC(OCC)C1C(c2ccc(F)c(Cl)c2)C1(Cl)Cl. The van der Waals surface area contributed by atoms with Crippen molar-refractivity contribution in [1.82, 2.24) is 0 Å². The highest BCUT2D eigenvalue weighted by molar-refractivity contribution is 6.52. The Bertz CT molecular complexity index is 475. The minimum Gasteiger partial charge on any atom is -0.353 e. The molecule has 2 atom stereocenters. The van der Waals surface area contributed by atoms with E-state index in [1.807, 2.05) is 13.8 Å². The highest BCUT2D eigenvalue weighted by Crippen LogP contribution is 2.67. The molecule has 1 saturated carbocycles. The number of benzene rings is 1. The monoisotopic (exact) mass is 340 g/mol. The van der Waals surface area contributed by atoms with E-state index in [4.69, 9.17) is 44.3 Å². The highest BCUT2D eigenvalue weighted by Gasteiger charge is 2.67. The molecule has 0 amide bonds. The van der Waals surface area contributed by atoms with Crippen molar-refractivity contribution in [2.75, 3.05) is 13.2 Å². The first-order valence-corrected chi connectivity index (χ1v) is 7.62. The zero-order valence-corrected chi connectivity index (χ0v) is 13.5. The molecule has 1 fully saturated rings. The molecule has 0 aromatic heterocycles. The lowest BCUT2D eigenvalue weighted by atomic mass is 10.1. The summed E-state index contributed by atoms with van der Waals surface area (Å²) < 4.78 is 23.3. The van der Waals surface area contributed by atoms with E-state index >= 15 is 0 Å². The first kappa shape index (κ1) is 16.3. The Hall–Kier alpha value is -0.0600. The van der Waals surface area contributed by atoms with Gasteiger partial charge in [-0.2, -0.15) is 0 Å². The molecule has 1 aliphatic carbocycles. The van der Waals surface area contributed by atoms with E-state index in [0.29, 0.717) is 13.2 Å². The van der Waals surface area contributed by atoms with E-state index in [1.54, 1.807) is 12.1 Å². The van der Waals surface area contributed by atoms with Gasteiger partial charge in [0.25, 0.3) is 0 Å². The van der Waals surface area contributed by atoms with Crippen LogP contribution < -0.4 is 0 Å². The molecule has 0 heterocycles. The summed E-state index contributed by atoms with van der Waals surface area (Å²) in [4.78, 5) is 0. The highest BCUT2D eigenvalue weighted by atomic mass is 35.5. The molecule has 0 saturated heterocycles. The zero-order chi connectivity index (χ0) is 14.9. The van der Waals surface area contributed by atoms with E-state index < -0.39 is 16.4 Å². The van der Waals surface area contributed by atoms with Crippen molar-refractivity contribution in [3.05, 3.63) is 34.6 Å². The second-order valence-corrected chi connectivity index (χ2v) is 6.48. The van der Waals surface area contributed by atoms with Gasteiger partial charge in [-0.25, -0.2) is 4.39 Å². The lowest BCUT2D eigenvalue weighted by Gasteiger charge is -2.17. The minimum atomic E-state index is -0.990. The van der Waals surface area contributed by atoms with Crippen molar-refractivity contribution in [3.8, 4) is 0 Å². The fourth-order valence-corrected chi connectivity index (χ4v) is 3.45. The fraction of sp³-hybridized carbons (Fsp3) is 0.571. The van der Waals surface area contributed by atoms with Crippen LogP contribution in [0, 0.1) is 11.7 Å². The normalized spacial score (nSPS) is 24.1. The summed E-state index contributed by atoms with van der Waals surface area (Å²) in [6, 6.07) is 4.50. The van der Waals surface area contributed by atoms with Crippen molar-refractivity contribution in [2.45, 2.75) is 30.4 Å². The second-order valence-electron chi connectivity index (χ2n) is 4.63. The molecule has 2 nitrogen and oxygen atoms in total. The zero-order valence-electron chi connectivity index (χ0n) is 11.2. The predicted octanol–water partition coefficient (Wildman–Crippen LogP) is 4.77. The van der Waals surface area contributed by atoms with Gasteiger partial charge in [0, 0.05) is 19.1 Å². The average molecular weight is 342 g/mol. The molecule has 2 rings (SSSR count). The van der Waals surface area contributed by atoms with Gasteiger partial charge in [-0.15, -0.1) is 23.2 Å². The van der Waals surface area contributed by atoms with Crippen molar-refractivity contribution >= 4 is 34.8 Å². The molecule has 1 aromatic carbocycles. The summed E-state index contributed by atoms with van der Waals surface area (Å²) in [5.41, 5.74) is 0.788. The van der Waals surface area contributed by atoms with Crippen LogP contribution >= 0.6 is 34.8 Å². The number of hydrogen-bond acceptors (Lipinski definition) is 2. The summed E-state index contributed by atoms with van der Waals surface area (Å²) in [5.74, 6) is -0.854. The molecule has 1 aromatic rings. The van der Waals surface area contributed by atoms with Gasteiger partial charge in [-0.3, -0.25) is 0 Å². The van der Waals surface area contributed by atoms with E-state index in [1.165, 1.54) is 6.07 Å². The van der Waals surface area contributed by atoms with Crippen LogP contribution in [-0.2, 0) is 9.47 Å². The van der Waals surface area contributed by atoms with E-state index in [-0.39, 0.29) is 16.9 Å². The lowest BCUT2D eigenvalue weighted by Crippen LogP contribution is -2.22. The molecular weight excluding hydrogens is 326 g/mol. The molecule has 0 radical (unpaired) electrons. The Balaban J connectivity index is 2.21. The molecular formula is C14H16Cl3FO2. The van der Waals surface area contributed by atoms with E-state index in [0.717, 1.165) is 5.56 Å². The van der Waals surface area contributed by atoms with Crippen molar-refractivity contribution in [3.63, 3.8) is 0 Å². The Kier molecular flexibility index (Phi) is 5.19. The van der Waals surface area contributed by atoms with Gasteiger partial charge in [-0.05, 0) is 31.5 Å². The molecule has 0 bridgehead atoms. The summed E-state index contributed by atoms with van der Waals surface area (Å²) in [7, 11) is 0. The Morgan fingerprint density at radius 3 is 2.35 bits per heavy atom. The Labute approximate surface area is 133 Å². The van der Waals surface area contributed by atoms with Crippen LogP contribution in [-0.4, -0.2) is 23.8 Å². The summed E-state index contributed by atoms with van der Waals surface area (Å²) in [5, 5.41) is 0.0571. The van der Waals surface area contributed by atoms with Crippen molar-refractivity contribution in [2.24, 2.45) is 5.92 Å². The maximum atomic E-state index is 13.2. The van der Waals surface area contributed by atoms with Crippen LogP contribution in [0.2, 0.25) is 5.02 Å². The van der Waals surface area contributed by atoms with E-state index in [2.05, 4.69) is 0 Å². The van der Waals surface area contributed by atoms with Crippen LogP contribution in [0.4, 0.5) is 4.39 Å². The van der Waals surface area contributed by atoms with Crippen molar-refractivity contribution in [1.29, 1.82) is 0 Å². The predicted molar refractivity (Wildman–Crippen MR) is 79.1 cm³/mol. The van der Waals surface area contributed by atoms with Gasteiger partial charge in [0.05, 0.1) is 10.9 Å². The third-order valence-corrected chi connectivity index (χ3v) is 4.63. The molecule has 20 heavy (non-hydrogen) atoms. The topological polar surface area (TPSA) is 18.5 Å². The van der Waals surface area contributed by atoms with Crippen LogP contribution in [0.15, 0.2) is 18.2 Å². The largest absolute Gasteiger partial charge is 0.353 e. The van der Waals surface area contributed by atoms with Gasteiger partial charge in [0.15, 0.2) is 6.29 Å². The molecule has 0 N–H and O–H groups in total. The molecule has 6 heteroatoms. The van der Waals surface area contributed by atoms with Crippen LogP contribution in [0.25, 0.3) is 0 Å². The second kappa shape index (κ2) is 6.37. The van der Waals surface area contributed by atoms with Gasteiger partial charge in [0.2, 0.25) is 0 Å². The van der Waals surface area contributed by atoms with E-state index in [9.17, 15) is 4.39 Å². The third-order valence-electron chi connectivity index (χ3n) is 3.37. The smallest absolute Gasteiger partial charge is 0.163 e. The van der Waals surface area contributed by atoms with Gasteiger partial charge in [0.1, 0.15) is 10.2 Å². The van der Waals surface area contributed by atoms with Gasteiger partial charge >= 0.3 is 0 Å².